The molecule has 4 fully saturated rings. The molecule has 4 aliphatic rings. The predicted molar refractivity (Wildman–Crippen MR) is 182 cm³/mol. The molecular weight excluding hydrogens is 648 g/mol. The molecule has 2 saturated heterocycles. The van der Waals surface area contributed by atoms with E-state index >= 15 is 0 Å². The van der Waals surface area contributed by atoms with Gasteiger partial charge >= 0.3 is 23.9 Å². The highest BCUT2D eigenvalue weighted by atomic mass is 16.7. The van der Waals surface area contributed by atoms with Crippen LogP contribution in [0.4, 0.5) is 0 Å². The Morgan fingerprint density at radius 3 is 1.24 bits per heavy atom. The summed E-state index contributed by atoms with van der Waals surface area (Å²) in [6.07, 6.45) is 14.6. The van der Waals surface area contributed by atoms with Crippen molar-refractivity contribution in [3.63, 3.8) is 0 Å². The van der Waals surface area contributed by atoms with Gasteiger partial charge in [-0.1, -0.05) is 26.0 Å². The second-order valence-corrected chi connectivity index (χ2v) is 13.8. The van der Waals surface area contributed by atoms with Gasteiger partial charge in [-0.3, -0.25) is 9.59 Å². The summed E-state index contributed by atoms with van der Waals surface area (Å²) < 4.78 is 45.7. The van der Waals surface area contributed by atoms with Crippen LogP contribution in [0.15, 0.2) is 25.3 Å². The smallest absolute Gasteiger partial charge is 0.330 e. The molecule has 0 bridgehead atoms. The standard InChI is InChI=1S/C38H58O12/c1-3-33(39)45-23-11-7-5-9-21-43-29-17-13-27(14-18-29)37(41)49-31-25-47-36-32(26-48-35(31)36)50-38(42)28-15-19-30(20-16-28)44-22-10-6-8-12-24-46-34(40)4-2/h3-4,27-32,35-36H,1-2,5-26H2/t27?,28?,29?,30?,31-,32?,35+,36+/m0/s1. The molecule has 12 nitrogen and oxygen atoms in total. The van der Waals surface area contributed by atoms with E-state index < -0.39 is 24.4 Å². The van der Waals surface area contributed by atoms with Crippen molar-refractivity contribution in [3.8, 4) is 0 Å². The van der Waals surface area contributed by atoms with E-state index in [1.807, 2.05) is 0 Å². The molecule has 0 aromatic heterocycles. The van der Waals surface area contributed by atoms with E-state index in [1.54, 1.807) is 0 Å². The number of rotatable bonds is 22. The highest BCUT2D eigenvalue weighted by Crippen LogP contribution is 2.35. The molecule has 282 valence electrons. The Balaban J connectivity index is 1.02. The Bertz CT molecular complexity index is 994. The van der Waals surface area contributed by atoms with Gasteiger partial charge < -0.3 is 37.9 Å². The summed E-state index contributed by atoms with van der Waals surface area (Å²) in [5, 5.41) is 0. The Labute approximate surface area is 296 Å². The SMILES string of the molecule is C=CC(=O)OCCCCCCOC1CCC(C(=O)OC2CO[C@@H]3[C@@H](OC(=O)C4CCC(OCCCCCCOC(=O)C=C)CC4)CO[C@H]23)CC1. The summed E-state index contributed by atoms with van der Waals surface area (Å²) >= 11 is 0. The first-order valence-electron chi connectivity index (χ1n) is 18.8. The molecule has 0 N–H and O–H groups in total. The van der Waals surface area contributed by atoms with Crippen LogP contribution >= 0.6 is 0 Å². The molecule has 12 heteroatoms. The Kier molecular flexibility index (Phi) is 17.8. The number of hydrogen-bond acceptors (Lipinski definition) is 12. The summed E-state index contributed by atoms with van der Waals surface area (Å²) in [5.74, 6) is -1.53. The van der Waals surface area contributed by atoms with Crippen LogP contribution in [0.25, 0.3) is 0 Å². The number of ether oxygens (including phenoxy) is 8. The van der Waals surface area contributed by atoms with Crippen molar-refractivity contribution in [2.45, 2.75) is 139 Å². The van der Waals surface area contributed by atoms with Crippen LogP contribution in [0.5, 0.6) is 0 Å². The topological polar surface area (TPSA) is 142 Å². The number of carbonyl (C=O) groups is 4. The van der Waals surface area contributed by atoms with Crippen LogP contribution in [-0.4, -0.2) is 100 Å². The quantitative estimate of drug-likeness (QED) is 0.0621. The minimum absolute atomic E-state index is 0.160. The van der Waals surface area contributed by atoms with Gasteiger partial charge in [-0.15, -0.1) is 0 Å². The van der Waals surface area contributed by atoms with Crippen LogP contribution in [0.3, 0.4) is 0 Å². The minimum atomic E-state index is -0.507. The maximum atomic E-state index is 13.0. The lowest BCUT2D eigenvalue weighted by Gasteiger charge is -2.28. The molecule has 0 spiro atoms. The fourth-order valence-corrected chi connectivity index (χ4v) is 7.13. The second kappa shape index (κ2) is 22.2. The van der Waals surface area contributed by atoms with Gasteiger partial charge in [0.25, 0.3) is 0 Å². The zero-order valence-electron chi connectivity index (χ0n) is 29.6. The fourth-order valence-electron chi connectivity index (χ4n) is 7.13. The normalized spacial score (nSPS) is 29.0. The molecule has 4 rings (SSSR count). The van der Waals surface area contributed by atoms with Crippen molar-refractivity contribution in [2.24, 2.45) is 11.8 Å². The summed E-state index contributed by atoms with van der Waals surface area (Å²) in [5.41, 5.74) is 0. The zero-order chi connectivity index (χ0) is 35.6. The van der Waals surface area contributed by atoms with Crippen molar-refractivity contribution in [3.05, 3.63) is 25.3 Å². The van der Waals surface area contributed by atoms with Crippen LogP contribution < -0.4 is 0 Å². The first-order chi connectivity index (χ1) is 24.4. The molecule has 0 aromatic rings. The van der Waals surface area contributed by atoms with Crippen LogP contribution in [-0.2, 0) is 57.1 Å². The van der Waals surface area contributed by atoms with Crippen molar-refractivity contribution in [2.75, 3.05) is 39.6 Å². The maximum absolute atomic E-state index is 13.0. The van der Waals surface area contributed by atoms with E-state index in [-0.39, 0.29) is 61.1 Å². The molecule has 4 atom stereocenters. The van der Waals surface area contributed by atoms with Gasteiger partial charge in [-0.05, 0) is 89.9 Å². The van der Waals surface area contributed by atoms with Gasteiger partial charge in [0, 0.05) is 25.4 Å². The highest BCUT2D eigenvalue weighted by molar-refractivity contribution is 5.81. The van der Waals surface area contributed by atoms with Gasteiger partial charge in [0.15, 0.2) is 12.2 Å². The van der Waals surface area contributed by atoms with Crippen LogP contribution in [0.1, 0.15) is 103 Å². The molecule has 0 amide bonds. The molecular formula is C38H58O12. The predicted octanol–water partition coefficient (Wildman–Crippen LogP) is 5.34. The van der Waals surface area contributed by atoms with Crippen molar-refractivity contribution in [1.82, 2.24) is 0 Å². The van der Waals surface area contributed by atoms with Crippen molar-refractivity contribution >= 4 is 23.9 Å². The molecule has 2 heterocycles. The lowest BCUT2D eigenvalue weighted by molar-refractivity contribution is -0.162. The van der Waals surface area contributed by atoms with Crippen LogP contribution in [0, 0.1) is 11.8 Å². The molecule has 1 unspecified atom stereocenters. The zero-order valence-corrected chi connectivity index (χ0v) is 29.6. The Hall–Kier alpha value is -2.80. The largest absolute Gasteiger partial charge is 0.463 e. The van der Waals surface area contributed by atoms with E-state index in [0.29, 0.717) is 26.4 Å². The fraction of sp³-hybridized carbons (Fsp3) is 0.789. The first-order valence-corrected chi connectivity index (χ1v) is 18.8. The molecule has 2 aliphatic heterocycles. The van der Waals surface area contributed by atoms with E-state index in [4.69, 9.17) is 37.9 Å². The molecule has 2 aliphatic carbocycles. The van der Waals surface area contributed by atoms with Gasteiger partial charge in [0.05, 0.1) is 50.5 Å². The van der Waals surface area contributed by atoms with Gasteiger partial charge in [-0.2, -0.15) is 0 Å². The number of unbranched alkanes of at least 4 members (excludes halogenated alkanes) is 6. The van der Waals surface area contributed by atoms with E-state index in [2.05, 4.69) is 13.2 Å². The van der Waals surface area contributed by atoms with Gasteiger partial charge in [0.2, 0.25) is 0 Å². The Morgan fingerprint density at radius 1 is 0.520 bits per heavy atom. The number of esters is 4. The monoisotopic (exact) mass is 706 g/mol. The average Bonchev–Trinajstić information content (AvgIpc) is 3.73. The van der Waals surface area contributed by atoms with E-state index in [0.717, 1.165) is 103 Å². The Morgan fingerprint density at radius 2 is 0.880 bits per heavy atom. The molecule has 0 aromatic carbocycles. The van der Waals surface area contributed by atoms with Gasteiger partial charge in [0.1, 0.15) is 12.2 Å². The van der Waals surface area contributed by atoms with Gasteiger partial charge in [-0.25, -0.2) is 9.59 Å². The average molecular weight is 707 g/mol. The van der Waals surface area contributed by atoms with E-state index in [9.17, 15) is 19.2 Å². The third-order valence-corrected chi connectivity index (χ3v) is 10.1. The molecule has 2 saturated carbocycles. The molecule has 50 heavy (non-hydrogen) atoms. The van der Waals surface area contributed by atoms with Crippen molar-refractivity contribution in [1.29, 1.82) is 0 Å². The third-order valence-electron chi connectivity index (χ3n) is 10.1. The minimum Gasteiger partial charge on any atom is -0.463 e. The summed E-state index contributed by atoms with van der Waals surface area (Å²) in [4.78, 5) is 48.2. The molecule has 0 radical (unpaired) electrons. The summed E-state index contributed by atoms with van der Waals surface area (Å²) in [6.45, 7) is 9.44. The number of fused-ring (bicyclic) bond motifs is 1. The van der Waals surface area contributed by atoms with E-state index in [1.165, 1.54) is 12.2 Å². The van der Waals surface area contributed by atoms with Crippen LogP contribution in [0.2, 0.25) is 0 Å². The second-order valence-electron chi connectivity index (χ2n) is 13.8. The third kappa shape index (κ3) is 13.4. The summed E-state index contributed by atoms with van der Waals surface area (Å²) in [6, 6.07) is 0. The summed E-state index contributed by atoms with van der Waals surface area (Å²) in [7, 11) is 0. The highest BCUT2D eigenvalue weighted by Gasteiger charge is 2.52. The first kappa shape index (κ1) is 40.0. The lowest BCUT2D eigenvalue weighted by Crippen LogP contribution is -2.38. The number of hydrogen-bond donors (Lipinski definition) is 0. The lowest BCUT2D eigenvalue weighted by atomic mass is 9.87. The van der Waals surface area contributed by atoms with Crippen molar-refractivity contribution < 1.29 is 57.1 Å². The maximum Gasteiger partial charge on any atom is 0.330 e. The number of carbonyl (C=O) groups excluding carboxylic acids is 4.